The van der Waals surface area contributed by atoms with E-state index in [9.17, 15) is 14.4 Å². The van der Waals surface area contributed by atoms with Crippen molar-refractivity contribution in [2.45, 2.75) is 95.4 Å². The van der Waals surface area contributed by atoms with E-state index >= 15 is 0 Å². The molecule has 8 atom stereocenters. The van der Waals surface area contributed by atoms with Gasteiger partial charge in [0.1, 0.15) is 12.2 Å². The van der Waals surface area contributed by atoms with Crippen molar-refractivity contribution in [2.24, 2.45) is 59.2 Å². The minimum absolute atomic E-state index is 0.0456. The van der Waals surface area contributed by atoms with E-state index < -0.39 is 17.8 Å². The summed E-state index contributed by atoms with van der Waals surface area (Å²) in [6.07, 6.45) is 12.9. The monoisotopic (exact) mass is 513 g/mol. The van der Waals surface area contributed by atoms with Crippen LogP contribution in [0.25, 0.3) is 0 Å². The Bertz CT molecular complexity index is 939. The first-order valence-electron chi connectivity index (χ1n) is 15.0. The number of amides is 2. The number of hydrogen-bond acceptors (Lipinski definition) is 7. The summed E-state index contributed by atoms with van der Waals surface area (Å²) in [7, 11) is 0. The van der Waals surface area contributed by atoms with Gasteiger partial charge in [0, 0.05) is 12.8 Å². The van der Waals surface area contributed by atoms with Crippen LogP contribution in [0.1, 0.15) is 77.0 Å². The van der Waals surface area contributed by atoms with E-state index in [2.05, 4.69) is 0 Å². The van der Waals surface area contributed by atoms with Crippen LogP contribution in [0.5, 0.6) is 0 Å². The lowest BCUT2D eigenvalue weighted by Gasteiger charge is -2.63. The third kappa shape index (κ3) is 3.75. The highest BCUT2D eigenvalue weighted by Gasteiger charge is 2.63. The molecule has 202 valence electrons. The Balaban J connectivity index is 0.929. The molecule has 8 bridgehead atoms. The normalized spacial score (nSPS) is 51.1. The molecule has 0 aromatic carbocycles. The SMILES string of the molecule is O=C(CCO[C@@H]1C2CC3CC(C2)C(C2OOC2C2C4CC5CC(C4)CC2C5)C1C3)ON1C(=O)CCC1=O. The third-order valence-corrected chi connectivity index (χ3v) is 11.9. The second-order valence-electron chi connectivity index (χ2n) is 13.8. The lowest BCUT2D eigenvalue weighted by Crippen LogP contribution is -2.65. The number of nitrogens with zero attached hydrogens (tertiary/aromatic N) is 1. The molecular weight excluding hydrogens is 474 g/mol. The molecule has 10 rings (SSSR count). The molecule has 10 fully saturated rings. The average Bonchev–Trinajstić information content (AvgIpc) is 3.15. The van der Waals surface area contributed by atoms with Crippen LogP contribution in [0.2, 0.25) is 0 Å². The maximum absolute atomic E-state index is 12.3. The van der Waals surface area contributed by atoms with Gasteiger partial charge >= 0.3 is 5.97 Å². The fourth-order valence-electron chi connectivity index (χ4n) is 11.0. The molecule has 0 spiro atoms. The number of hydroxylamine groups is 2. The molecule has 0 aromatic rings. The molecule has 8 aliphatic carbocycles. The molecule has 8 heteroatoms. The Morgan fingerprint density at radius 3 is 1.95 bits per heavy atom. The number of hydrogen-bond donors (Lipinski definition) is 0. The quantitative estimate of drug-likeness (QED) is 0.378. The van der Waals surface area contributed by atoms with Gasteiger partial charge in [-0.25, -0.2) is 14.6 Å². The Labute approximate surface area is 217 Å². The highest BCUT2D eigenvalue weighted by molar-refractivity contribution is 6.01. The van der Waals surface area contributed by atoms with E-state index in [0.29, 0.717) is 34.7 Å². The van der Waals surface area contributed by atoms with Gasteiger partial charge in [-0.3, -0.25) is 9.59 Å². The van der Waals surface area contributed by atoms with Crippen molar-refractivity contribution in [3.8, 4) is 0 Å². The molecular formula is C29H39NO7. The average molecular weight is 514 g/mol. The molecule has 10 aliphatic rings. The van der Waals surface area contributed by atoms with Crippen LogP contribution in [0.15, 0.2) is 0 Å². The summed E-state index contributed by atoms with van der Waals surface area (Å²) in [5, 5.41) is 0.624. The molecule has 0 N–H and O–H groups in total. The van der Waals surface area contributed by atoms with Gasteiger partial charge in [-0.15, -0.1) is 5.06 Å². The van der Waals surface area contributed by atoms with Gasteiger partial charge in [0.15, 0.2) is 0 Å². The van der Waals surface area contributed by atoms with Crippen molar-refractivity contribution in [3.05, 3.63) is 0 Å². The van der Waals surface area contributed by atoms with Crippen molar-refractivity contribution < 1.29 is 33.7 Å². The van der Waals surface area contributed by atoms with Crippen molar-refractivity contribution in [1.29, 1.82) is 0 Å². The topological polar surface area (TPSA) is 91.4 Å². The zero-order valence-corrected chi connectivity index (χ0v) is 21.5. The minimum atomic E-state index is -0.582. The van der Waals surface area contributed by atoms with E-state index in [1.54, 1.807) is 0 Å². The largest absolute Gasteiger partial charge is 0.377 e. The zero-order chi connectivity index (χ0) is 24.8. The fourth-order valence-corrected chi connectivity index (χ4v) is 11.0. The smallest absolute Gasteiger partial charge is 0.335 e. The summed E-state index contributed by atoms with van der Waals surface area (Å²) >= 11 is 0. The summed E-state index contributed by atoms with van der Waals surface area (Å²) in [5.74, 6) is 5.79. The third-order valence-electron chi connectivity index (χ3n) is 11.9. The Hall–Kier alpha value is -1.51. The van der Waals surface area contributed by atoms with E-state index in [0.717, 1.165) is 29.6 Å². The number of carbonyl (C=O) groups excluding carboxylic acids is 3. The van der Waals surface area contributed by atoms with E-state index in [-0.39, 0.29) is 44.2 Å². The predicted octanol–water partition coefficient (Wildman–Crippen LogP) is 3.82. The molecule has 7 unspecified atom stereocenters. The van der Waals surface area contributed by atoms with Crippen molar-refractivity contribution in [1.82, 2.24) is 5.06 Å². The van der Waals surface area contributed by atoms with Crippen LogP contribution >= 0.6 is 0 Å². The highest BCUT2D eigenvalue weighted by Crippen LogP contribution is 2.63. The predicted molar refractivity (Wildman–Crippen MR) is 128 cm³/mol. The Kier molecular flexibility index (Phi) is 5.53. The van der Waals surface area contributed by atoms with E-state index in [1.165, 1.54) is 57.8 Å². The van der Waals surface area contributed by atoms with Crippen LogP contribution in [0.4, 0.5) is 0 Å². The standard InChI is InChI=1S/C29H39NO7/c31-22-1-2-23(32)30(22)35-24(33)3-4-34-27-20-11-16-10-19(13-20)26(21(27)12-16)29-28(36-37-29)25-17-6-14-5-15(8-17)9-18(25)7-14/h14-21,25-29H,1-13H2/t14?,15?,16?,17?,18?,19?,20?,21?,25?,26?,27-,28?,29?/m1/s1. The van der Waals surface area contributed by atoms with Crippen LogP contribution in [-0.4, -0.2) is 47.8 Å². The van der Waals surface area contributed by atoms with Gasteiger partial charge in [0.05, 0.1) is 19.1 Å². The maximum atomic E-state index is 12.3. The van der Waals surface area contributed by atoms with Crippen molar-refractivity contribution >= 4 is 17.8 Å². The summed E-state index contributed by atoms with van der Waals surface area (Å²) in [6.45, 7) is 0.260. The van der Waals surface area contributed by atoms with Gasteiger partial charge in [0.25, 0.3) is 11.8 Å². The molecule has 0 radical (unpaired) electrons. The van der Waals surface area contributed by atoms with Crippen LogP contribution in [0, 0.1) is 59.2 Å². The first kappa shape index (κ1) is 23.4. The number of imide groups is 1. The summed E-state index contributed by atoms with van der Waals surface area (Å²) in [5.41, 5.74) is 0. The van der Waals surface area contributed by atoms with Gasteiger partial charge in [0.2, 0.25) is 0 Å². The molecule has 37 heavy (non-hydrogen) atoms. The van der Waals surface area contributed by atoms with Crippen molar-refractivity contribution in [3.63, 3.8) is 0 Å². The van der Waals surface area contributed by atoms with Crippen LogP contribution in [-0.2, 0) is 33.7 Å². The Morgan fingerprint density at radius 2 is 1.30 bits per heavy atom. The number of ether oxygens (including phenoxy) is 1. The molecule has 2 heterocycles. The maximum Gasteiger partial charge on any atom is 0.335 e. The summed E-state index contributed by atoms with van der Waals surface area (Å²) in [6, 6.07) is 0. The van der Waals surface area contributed by atoms with E-state index in [4.69, 9.17) is 19.3 Å². The van der Waals surface area contributed by atoms with Gasteiger partial charge in [-0.05, 0) is 117 Å². The van der Waals surface area contributed by atoms with Crippen LogP contribution in [0.3, 0.4) is 0 Å². The van der Waals surface area contributed by atoms with Gasteiger partial charge in [-0.1, -0.05) is 0 Å². The zero-order valence-electron chi connectivity index (χ0n) is 21.5. The summed E-state index contributed by atoms with van der Waals surface area (Å²) < 4.78 is 6.45. The van der Waals surface area contributed by atoms with E-state index in [1.807, 2.05) is 0 Å². The first-order valence-corrected chi connectivity index (χ1v) is 15.0. The Morgan fingerprint density at radius 1 is 0.730 bits per heavy atom. The molecule has 0 aromatic heterocycles. The molecule has 8 saturated carbocycles. The van der Waals surface area contributed by atoms with Crippen molar-refractivity contribution in [2.75, 3.05) is 6.61 Å². The highest BCUT2D eigenvalue weighted by atomic mass is 17.2. The van der Waals surface area contributed by atoms with Gasteiger partial charge < -0.3 is 9.57 Å². The molecule has 2 aliphatic heterocycles. The van der Waals surface area contributed by atoms with Gasteiger partial charge in [-0.2, -0.15) is 0 Å². The minimum Gasteiger partial charge on any atom is -0.377 e. The fraction of sp³-hybridized carbons (Fsp3) is 0.897. The molecule has 2 amide bonds. The molecule has 8 nitrogen and oxygen atoms in total. The number of carbonyl (C=O) groups is 3. The van der Waals surface area contributed by atoms with Crippen LogP contribution < -0.4 is 0 Å². The summed E-state index contributed by atoms with van der Waals surface area (Å²) in [4.78, 5) is 52.8. The second-order valence-corrected chi connectivity index (χ2v) is 13.8. The lowest BCUT2D eigenvalue weighted by molar-refractivity contribution is -0.500. The number of rotatable bonds is 7. The lowest BCUT2D eigenvalue weighted by atomic mass is 9.47. The first-order chi connectivity index (χ1) is 18.0. The molecule has 2 saturated heterocycles. The second kappa shape index (κ2) is 8.75.